The van der Waals surface area contributed by atoms with Gasteiger partial charge >= 0.3 is 0 Å². The molecule has 0 atom stereocenters. The summed E-state index contributed by atoms with van der Waals surface area (Å²) in [6.07, 6.45) is 0. The molecule has 0 unspecified atom stereocenters. The molecule has 1 heterocycles. The van der Waals surface area contributed by atoms with E-state index in [4.69, 9.17) is 11.1 Å². The van der Waals surface area contributed by atoms with Gasteiger partial charge in [-0.3, -0.25) is 9.71 Å². The molecule has 1 aliphatic heterocycles. The van der Waals surface area contributed by atoms with E-state index in [1.807, 2.05) is 4.72 Å². The van der Waals surface area contributed by atoms with Crippen molar-refractivity contribution in [1.29, 1.82) is 0 Å². The Hall–Kier alpha value is -2.05. The fraction of sp³-hybridized carbons (Fsp3) is 0. The Morgan fingerprint density at radius 3 is 2.27 bits per heavy atom. The zero-order valence-electron chi connectivity index (χ0n) is 7.28. The van der Waals surface area contributed by atoms with E-state index in [1.165, 1.54) is 17.0 Å². The quantitative estimate of drug-likeness (QED) is 0.402. The normalized spacial score (nSPS) is 15.3. The Kier molecular flexibility index (Phi) is 2.93. The highest BCUT2D eigenvalue weighted by Crippen LogP contribution is 2.20. The van der Waals surface area contributed by atoms with Crippen molar-refractivity contribution in [1.82, 2.24) is 4.72 Å². The first-order chi connectivity index (χ1) is 7.03. The van der Waals surface area contributed by atoms with Crippen molar-refractivity contribution in [2.45, 2.75) is 4.90 Å². The van der Waals surface area contributed by atoms with Crippen LogP contribution < -0.4 is 4.72 Å². The Balaban J connectivity index is 0.000000337. The predicted octanol–water partition coefficient (Wildman–Crippen LogP) is 0.985. The van der Waals surface area contributed by atoms with Crippen molar-refractivity contribution in [3.05, 3.63) is 45.8 Å². The second-order valence-corrected chi connectivity index (χ2v) is 4.17. The Labute approximate surface area is 85.2 Å². The van der Waals surface area contributed by atoms with Crippen molar-refractivity contribution < 1.29 is 13.2 Å². The second-order valence-electron chi connectivity index (χ2n) is 2.52. The molecule has 1 aliphatic rings. The molecule has 0 saturated carbocycles. The van der Waals surface area contributed by atoms with Crippen LogP contribution in [0.15, 0.2) is 29.2 Å². The van der Waals surface area contributed by atoms with Crippen molar-refractivity contribution in [3.63, 3.8) is 0 Å². The molecule has 2 rings (SSSR count). The van der Waals surface area contributed by atoms with Crippen LogP contribution in [-0.2, 0) is 10.0 Å². The summed E-state index contributed by atoms with van der Waals surface area (Å²) >= 11 is 0. The third-order valence-corrected chi connectivity index (χ3v) is 3.04. The molecule has 15 heavy (non-hydrogen) atoms. The Morgan fingerprint density at radius 2 is 1.73 bits per heavy atom. The maximum atomic E-state index is 11.1. The number of nitrogens with zero attached hydrogens (tertiary/aromatic N) is 3. The molecular formula is C7H5N4O3S-. The lowest BCUT2D eigenvalue weighted by Gasteiger charge is -1.91. The number of nitrogens with one attached hydrogen (secondary N) is 1. The molecule has 1 N–H and O–H groups in total. The van der Waals surface area contributed by atoms with Gasteiger partial charge in [0.15, 0.2) is 0 Å². The van der Waals surface area contributed by atoms with E-state index in [1.54, 1.807) is 12.1 Å². The first kappa shape index (κ1) is 11.0. The topological polar surface area (TPSA) is 122 Å². The predicted molar refractivity (Wildman–Crippen MR) is 51.2 cm³/mol. The highest BCUT2D eigenvalue weighted by molar-refractivity contribution is 7.90. The van der Waals surface area contributed by atoms with Gasteiger partial charge in [-0.1, -0.05) is 12.1 Å². The minimum Gasteiger partial charge on any atom is -0.373 e. The summed E-state index contributed by atoms with van der Waals surface area (Å²) in [6, 6.07) is 6.09. The lowest BCUT2D eigenvalue weighted by atomic mass is 10.2. The average Bonchev–Trinajstić information content (AvgIpc) is 2.40. The van der Waals surface area contributed by atoms with Crippen LogP contribution in [0.1, 0.15) is 10.4 Å². The third-order valence-electron chi connectivity index (χ3n) is 1.65. The number of sulfonamides is 1. The fourth-order valence-corrected chi connectivity index (χ4v) is 2.29. The molecule has 78 valence electrons. The van der Waals surface area contributed by atoms with Crippen LogP contribution in [0.3, 0.4) is 0 Å². The van der Waals surface area contributed by atoms with Gasteiger partial charge in [0.25, 0.3) is 15.9 Å². The van der Waals surface area contributed by atoms with E-state index in [9.17, 15) is 13.2 Å². The molecule has 0 aromatic heterocycles. The summed E-state index contributed by atoms with van der Waals surface area (Å²) in [5.74, 6) is -0.550. The van der Waals surface area contributed by atoms with E-state index in [0.717, 1.165) is 0 Å². The van der Waals surface area contributed by atoms with Crippen molar-refractivity contribution >= 4 is 15.9 Å². The second kappa shape index (κ2) is 3.99. The zero-order valence-corrected chi connectivity index (χ0v) is 8.10. The highest BCUT2D eigenvalue weighted by Gasteiger charge is 2.31. The van der Waals surface area contributed by atoms with Gasteiger partial charge in [-0.25, -0.2) is 13.1 Å². The Morgan fingerprint density at radius 1 is 1.20 bits per heavy atom. The van der Waals surface area contributed by atoms with Gasteiger partial charge in [-0.05, 0) is 12.1 Å². The van der Waals surface area contributed by atoms with Crippen LogP contribution in [0.5, 0.6) is 0 Å². The number of rotatable bonds is 0. The molecule has 1 aromatic carbocycles. The standard InChI is InChI=1S/C7H5NO3S.N3/c9-7-5-3-1-2-4-6(5)12(10,11)8-7;1-3-2/h1-4H,(H,8,9);/q;-1. The summed E-state index contributed by atoms with van der Waals surface area (Å²) in [5, 5.41) is 0. The number of hydrogen-bond acceptors (Lipinski definition) is 3. The third kappa shape index (κ3) is 2.06. The number of carbonyl (C=O) groups excluding carboxylic acids is 1. The first-order valence-electron chi connectivity index (χ1n) is 3.67. The lowest BCUT2D eigenvalue weighted by Crippen LogP contribution is -2.20. The van der Waals surface area contributed by atoms with Crippen LogP contribution in [0, 0.1) is 0 Å². The maximum absolute atomic E-state index is 11.1. The van der Waals surface area contributed by atoms with Gasteiger partial charge < -0.3 is 11.1 Å². The molecule has 0 bridgehead atoms. The van der Waals surface area contributed by atoms with Crippen LogP contribution in [0.2, 0.25) is 0 Å². The largest absolute Gasteiger partial charge is 0.373 e. The van der Waals surface area contributed by atoms with Crippen LogP contribution >= 0.6 is 0 Å². The molecule has 1 aromatic rings. The van der Waals surface area contributed by atoms with E-state index in [2.05, 4.69) is 0 Å². The molecule has 8 heteroatoms. The van der Waals surface area contributed by atoms with Gasteiger partial charge in [-0.2, -0.15) is 0 Å². The maximum Gasteiger partial charge on any atom is 0.266 e. The van der Waals surface area contributed by atoms with Crippen LogP contribution in [0.4, 0.5) is 0 Å². The molecule has 0 fully saturated rings. The first-order valence-corrected chi connectivity index (χ1v) is 5.16. The van der Waals surface area contributed by atoms with E-state index in [-0.39, 0.29) is 10.5 Å². The lowest BCUT2D eigenvalue weighted by molar-refractivity contribution is 0.0985. The number of carbonyl (C=O) groups is 1. The summed E-state index contributed by atoms with van der Waals surface area (Å²) < 4.78 is 24.2. The van der Waals surface area contributed by atoms with Gasteiger partial charge in [0.05, 0.1) is 5.56 Å². The van der Waals surface area contributed by atoms with E-state index in [0.29, 0.717) is 0 Å². The highest BCUT2D eigenvalue weighted by atomic mass is 32.2. The minimum absolute atomic E-state index is 0.0648. The fourth-order valence-electron chi connectivity index (χ4n) is 1.12. The number of hydrogen-bond donors (Lipinski definition) is 1. The van der Waals surface area contributed by atoms with Crippen molar-refractivity contribution in [2.75, 3.05) is 0 Å². The summed E-state index contributed by atoms with van der Waals surface area (Å²) in [4.78, 5) is 12.6. The molecule has 0 aliphatic carbocycles. The molecular weight excluding hydrogens is 220 g/mol. The van der Waals surface area contributed by atoms with Crippen molar-refractivity contribution in [2.24, 2.45) is 0 Å². The monoisotopic (exact) mass is 225 g/mol. The van der Waals surface area contributed by atoms with Gasteiger partial charge in [-0.15, -0.1) is 0 Å². The Bertz CT molecular complexity index is 531. The van der Waals surface area contributed by atoms with E-state index >= 15 is 0 Å². The molecule has 0 saturated heterocycles. The number of benzene rings is 1. The van der Waals surface area contributed by atoms with Crippen LogP contribution in [-0.4, -0.2) is 14.3 Å². The van der Waals surface area contributed by atoms with Gasteiger partial charge in [0.1, 0.15) is 4.90 Å². The number of amides is 1. The van der Waals surface area contributed by atoms with Gasteiger partial charge in [0.2, 0.25) is 0 Å². The van der Waals surface area contributed by atoms with Gasteiger partial charge in [0, 0.05) is 0 Å². The molecule has 1 amide bonds. The summed E-state index contributed by atoms with van der Waals surface area (Å²) in [7, 11) is -3.55. The molecule has 0 radical (unpaired) electrons. The number of fused-ring (bicyclic) bond motifs is 1. The smallest absolute Gasteiger partial charge is 0.266 e. The minimum atomic E-state index is -3.55. The molecule has 0 spiro atoms. The zero-order chi connectivity index (χ0) is 11.5. The van der Waals surface area contributed by atoms with Crippen LogP contribution in [0.25, 0.3) is 16.0 Å². The summed E-state index contributed by atoms with van der Waals surface area (Å²) in [6.45, 7) is 0. The van der Waals surface area contributed by atoms with Crippen molar-refractivity contribution in [3.8, 4) is 0 Å². The molecule has 7 nitrogen and oxygen atoms in total. The van der Waals surface area contributed by atoms with E-state index < -0.39 is 15.9 Å². The SMILES string of the molecule is O=C1NS(=O)(=O)c2ccccc21.[N-]=[N+]=[N-]. The summed E-state index contributed by atoms with van der Waals surface area (Å²) in [5.41, 5.74) is 13.7. The average molecular weight is 225 g/mol.